The number of benzene rings is 1. The molecule has 21 heavy (non-hydrogen) atoms. The fourth-order valence-electron chi connectivity index (χ4n) is 1.84. The number of alkyl halides is 1. The van der Waals surface area contributed by atoms with Gasteiger partial charge in [0.15, 0.2) is 0 Å². The lowest BCUT2D eigenvalue weighted by Crippen LogP contribution is -2.28. The van der Waals surface area contributed by atoms with E-state index in [1.165, 1.54) is 0 Å². The largest absolute Gasteiger partial charge is 0.497 e. The van der Waals surface area contributed by atoms with Crippen LogP contribution in [-0.4, -0.2) is 28.9 Å². The Morgan fingerprint density at radius 1 is 1.52 bits per heavy atom. The number of hydrogen-bond donors (Lipinski definition) is 2. The van der Waals surface area contributed by atoms with Crippen molar-refractivity contribution in [2.24, 2.45) is 0 Å². The lowest BCUT2D eigenvalue weighted by molar-refractivity contribution is -0.119. The van der Waals surface area contributed by atoms with E-state index in [-0.39, 0.29) is 30.2 Å². The third-order valence-corrected chi connectivity index (χ3v) is 3.13. The second kappa shape index (κ2) is 7.90. The van der Waals surface area contributed by atoms with Crippen LogP contribution in [0, 0.1) is 0 Å². The third-order valence-electron chi connectivity index (χ3n) is 2.89. The molecule has 114 valence electrons. The maximum Gasteiger partial charge on any atom is 0.235 e. The summed E-state index contributed by atoms with van der Waals surface area (Å²) in [7, 11) is 1.63. The van der Waals surface area contributed by atoms with Crippen LogP contribution in [0.1, 0.15) is 18.8 Å². The van der Waals surface area contributed by atoms with Crippen LogP contribution >= 0.6 is 24.0 Å². The van der Waals surface area contributed by atoms with Gasteiger partial charge in [0.1, 0.15) is 17.5 Å². The molecule has 0 aliphatic carbocycles. The highest BCUT2D eigenvalue weighted by atomic mass is 35.5. The predicted octanol–water partition coefficient (Wildman–Crippen LogP) is 2.92. The van der Waals surface area contributed by atoms with Crippen molar-refractivity contribution in [3.63, 3.8) is 0 Å². The molecule has 2 rings (SSSR count). The van der Waals surface area contributed by atoms with E-state index < -0.39 is 0 Å². The van der Waals surface area contributed by atoms with Crippen molar-refractivity contribution in [1.82, 2.24) is 15.3 Å². The first-order valence-electron chi connectivity index (χ1n) is 6.18. The van der Waals surface area contributed by atoms with Crippen molar-refractivity contribution in [2.45, 2.75) is 13.0 Å². The summed E-state index contributed by atoms with van der Waals surface area (Å²) >= 11 is 5.46. The van der Waals surface area contributed by atoms with Crippen LogP contribution in [0.15, 0.2) is 30.5 Å². The number of hydrogen-bond acceptors (Lipinski definition) is 3. The molecule has 1 amide bonds. The average Bonchev–Trinajstić information content (AvgIpc) is 2.97. The fourth-order valence-corrected chi connectivity index (χ4v) is 1.92. The predicted molar refractivity (Wildman–Crippen MR) is 85.1 cm³/mol. The van der Waals surface area contributed by atoms with Crippen molar-refractivity contribution < 1.29 is 9.53 Å². The summed E-state index contributed by atoms with van der Waals surface area (Å²) in [4.78, 5) is 18.7. The minimum atomic E-state index is -0.224. The molecule has 1 atom stereocenters. The smallest absolute Gasteiger partial charge is 0.235 e. The first-order chi connectivity index (χ1) is 9.63. The monoisotopic (exact) mass is 329 g/mol. The molecule has 5 nitrogen and oxygen atoms in total. The van der Waals surface area contributed by atoms with Gasteiger partial charge in [-0.2, -0.15) is 0 Å². The van der Waals surface area contributed by atoms with Gasteiger partial charge in [0, 0.05) is 5.56 Å². The Hall–Kier alpha value is -1.72. The third kappa shape index (κ3) is 4.37. The molecule has 0 fully saturated rings. The van der Waals surface area contributed by atoms with Crippen LogP contribution in [0.3, 0.4) is 0 Å². The maximum absolute atomic E-state index is 11.3. The van der Waals surface area contributed by atoms with Gasteiger partial charge in [0.05, 0.1) is 25.0 Å². The lowest BCUT2D eigenvalue weighted by atomic mass is 10.1. The Balaban J connectivity index is 0.00000220. The van der Waals surface area contributed by atoms with Crippen LogP contribution in [0.5, 0.6) is 5.75 Å². The van der Waals surface area contributed by atoms with E-state index in [9.17, 15) is 4.79 Å². The Kier molecular flexibility index (Phi) is 6.52. The molecule has 1 aromatic heterocycles. The summed E-state index contributed by atoms with van der Waals surface area (Å²) in [5.41, 5.74) is 1.84. The molecule has 7 heteroatoms. The Morgan fingerprint density at radius 3 is 2.95 bits per heavy atom. The van der Waals surface area contributed by atoms with Gasteiger partial charge in [0.25, 0.3) is 0 Å². The van der Waals surface area contributed by atoms with Gasteiger partial charge in [-0.15, -0.1) is 24.0 Å². The molecule has 0 aliphatic heterocycles. The van der Waals surface area contributed by atoms with E-state index in [1.54, 1.807) is 13.3 Å². The van der Waals surface area contributed by atoms with E-state index in [4.69, 9.17) is 16.3 Å². The van der Waals surface area contributed by atoms with Crippen LogP contribution in [0.25, 0.3) is 11.3 Å². The van der Waals surface area contributed by atoms with Crippen LogP contribution in [-0.2, 0) is 4.79 Å². The quantitative estimate of drug-likeness (QED) is 0.829. The Bertz CT molecular complexity index is 601. The SMILES string of the molecule is COc1cccc(-c2cnc(C(C)NC(=O)CCl)[nH]2)c1.Cl. The molecule has 0 saturated carbocycles. The topological polar surface area (TPSA) is 67.0 Å². The van der Waals surface area contributed by atoms with E-state index >= 15 is 0 Å². The standard InChI is InChI=1S/C14H16ClN3O2.ClH/c1-9(17-13(19)7-15)14-16-8-12(18-14)10-4-3-5-11(6-10)20-2;/h3-6,8-9H,7H2,1-2H3,(H,16,18)(H,17,19);1H. The van der Waals surface area contributed by atoms with Gasteiger partial charge in [-0.3, -0.25) is 4.79 Å². The summed E-state index contributed by atoms with van der Waals surface area (Å²) in [5, 5.41) is 2.74. The highest BCUT2D eigenvalue weighted by Gasteiger charge is 2.13. The summed E-state index contributed by atoms with van der Waals surface area (Å²) in [6.45, 7) is 1.85. The number of methoxy groups -OCH3 is 1. The van der Waals surface area contributed by atoms with Gasteiger partial charge in [-0.05, 0) is 19.1 Å². The van der Waals surface area contributed by atoms with Gasteiger partial charge < -0.3 is 15.0 Å². The molecular weight excluding hydrogens is 313 g/mol. The summed E-state index contributed by atoms with van der Waals surface area (Å²) in [6, 6.07) is 7.44. The highest BCUT2D eigenvalue weighted by Crippen LogP contribution is 2.23. The Morgan fingerprint density at radius 2 is 2.29 bits per heavy atom. The van der Waals surface area contributed by atoms with Gasteiger partial charge >= 0.3 is 0 Å². The number of imidazole rings is 1. The number of aromatic amines is 1. The van der Waals surface area contributed by atoms with E-state index in [0.29, 0.717) is 5.82 Å². The number of carbonyl (C=O) groups is 1. The maximum atomic E-state index is 11.3. The second-order valence-corrected chi connectivity index (χ2v) is 4.60. The number of nitrogens with zero attached hydrogens (tertiary/aromatic N) is 1. The lowest BCUT2D eigenvalue weighted by Gasteiger charge is -2.09. The molecule has 1 aromatic carbocycles. The molecule has 2 aromatic rings. The molecule has 0 bridgehead atoms. The van der Waals surface area contributed by atoms with E-state index in [0.717, 1.165) is 17.0 Å². The van der Waals surface area contributed by atoms with Crippen molar-refractivity contribution in [3.05, 3.63) is 36.3 Å². The molecule has 0 saturated heterocycles. The number of carbonyl (C=O) groups excluding carboxylic acids is 1. The fraction of sp³-hybridized carbons (Fsp3) is 0.286. The summed E-state index contributed by atoms with van der Waals surface area (Å²) in [5.74, 6) is 1.18. The average molecular weight is 330 g/mol. The van der Waals surface area contributed by atoms with Crippen molar-refractivity contribution in [3.8, 4) is 17.0 Å². The van der Waals surface area contributed by atoms with Gasteiger partial charge in [-0.1, -0.05) is 12.1 Å². The minimum absolute atomic E-state index is 0. The number of halogens is 2. The molecule has 0 spiro atoms. The second-order valence-electron chi connectivity index (χ2n) is 4.34. The van der Waals surface area contributed by atoms with Crippen LogP contribution in [0.2, 0.25) is 0 Å². The van der Waals surface area contributed by atoms with Gasteiger partial charge in [-0.25, -0.2) is 4.98 Å². The first kappa shape index (κ1) is 17.3. The number of nitrogens with one attached hydrogen (secondary N) is 2. The molecule has 0 radical (unpaired) electrons. The molecular formula is C14H17Cl2N3O2. The zero-order chi connectivity index (χ0) is 14.5. The highest BCUT2D eigenvalue weighted by molar-refractivity contribution is 6.27. The Labute approximate surface area is 134 Å². The number of amides is 1. The normalized spacial score (nSPS) is 11.4. The summed E-state index contributed by atoms with van der Waals surface area (Å²) < 4.78 is 5.19. The summed E-state index contributed by atoms with van der Waals surface area (Å²) in [6.07, 6.45) is 1.73. The number of H-pyrrole nitrogens is 1. The molecule has 2 N–H and O–H groups in total. The zero-order valence-corrected chi connectivity index (χ0v) is 13.3. The van der Waals surface area contributed by atoms with Crippen LogP contribution < -0.4 is 10.1 Å². The zero-order valence-electron chi connectivity index (χ0n) is 11.7. The van der Waals surface area contributed by atoms with E-state index in [2.05, 4.69) is 15.3 Å². The van der Waals surface area contributed by atoms with Crippen molar-refractivity contribution >= 4 is 29.9 Å². The van der Waals surface area contributed by atoms with Crippen molar-refractivity contribution in [1.29, 1.82) is 0 Å². The van der Waals surface area contributed by atoms with Crippen molar-refractivity contribution in [2.75, 3.05) is 13.0 Å². The van der Waals surface area contributed by atoms with Crippen LogP contribution in [0.4, 0.5) is 0 Å². The number of aromatic nitrogens is 2. The minimum Gasteiger partial charge on any atom is -0.497 e. The first-order valence-corrected chi connectivity index (χ1v) is 6.72. The van der Waals surface area contributed by atoms with E-state index in [1.807, 2.05) is 31.2 Å². The van der Waals surface area contributed by atoms with Gasteiger partial charge in [0.2, 0.25) is 5.91 Å². The molecule has 0 aliphatic rings. The molecule has 1 heterocycles. The number of rotatable bonds is 5. The molecule has 1 unspecified atom stereocenters. The number of ether oxygens (including phenoxy) is 1.